The summed E-state index contributed by atoms with van der Waals surface area (Å²) in [6.07, 6.45) is 4.65. The number of thiophene rings is 1. The summed E-state index contributed by atoms with van der Waals surface area (Å²) < 4.78 is 4.99. The van der Waals surface area contributed by atoms with E-state index in [2.05, 4.69) is 27.9 Å². The molecule has 1 saturated heterocycles. The van der Waals surface area contributed by atoms with Crippen LogP contribution in [-0.2, 0) is 0 Å². The maximum atomic E-state index is 12.3. The Kier molecular flexibility index (Phi) is 3.49. The zero-order chi connectivity index (χ0) is 15.8. The molecular formula is C16H16N4O2S. The number of carbonyl (C=O) groups is 1. The summed E-state index contributed by atoms with van der Waals surface area (Å²) in [6, 6.07) is 3.84. The van der Waals surface area contributed by atoms with Crippen molar-refractivity contribution in [2.24, 2.45) is 0 Å². The van der Waals surface area contributed by atoms with Gasteiger partial charge in [-0.2, -0.15) is 0 Å². The van der Waals surface area contributed by atoms with Gasteiger partial charge < -0.3 is 14.2 Å². The Morgan fingerprint density at radius 1 is 1.26 bits per heavy atom. The number of amides is 1. The van der Waals surface area contributed by atoms with Crippen LogP contribution < -0.4 is 4.90 Å². The second-order valence-electron chi connectivity index (χ2n) is 5.56. The molecule has 6 nitrogen and oxygen atoms in total. The van der Waals surface area contributed by atoms with Crippen LogP contribution in [0.1, 0.15) is 15.2 Å². The smallest absolute Gasteiger partial charge is 0.257 e. The second-order valence-corrected chi connectivity index (χ2v) is 6.80. The first-order valence-corrected chi connectivity index (χ1v) is 8.31. The lowest BCUT2D eigenvalue weighted by Crippen LogP contribution is -2.49. The number of piperazine rings is 1. The van der Waals surface area contributed by atoms with E-state index in [1.54, 1.807) is 23.7 Å². The maximum Gasteiger partial charge on any atom is 0.257 e. The van der Waals surface area contributed by atoms with E-state index in [1.807, 2.05) is 4.90 Å². The van der Waals surface area contributed by atoms with E-state index in [0.29, 0.717) is 18.7 Å². The van der Waals surface area contributed by atoms with Gasteiger partial charge in [-0.05, 0) is 19.1 Å². The first-order valence-electron chi connectivity index (χ1n) is 7.50. The maximum absolute atomic E-state index is 12.3. The number of anilines is 1. The zero-order valence-electron chi connectivity index (χ0n) is 12.7. The molecule has 0 aromatic carbocycles. The molecule has 1 amide bonds. The number of furan rings is 1. The van der Waals surface area contributed by atoms with E-state index in [-0.39, 0.29) is 5.91 Å². The van der Waals surface area contributed by atoms with Crippen molar-refractivity contribution in [1.29, 1.82) is 0 Å². The van der Waals surface area contributed by atoms with Crippen LogP contribution in [0.2, 0.25) is 0 Å². The molecule has 7 heteroatoms. The predicted octanol–water partition coefficient (Wildman–Crippen LogP) is 2.56. The quantitative estimate of drug-likeness (QED) is 0.723. The number of aromatic nitrogens is 2. The van der Waals surface area contributed by atoms with Gasteiger partial charge in [-0.15, -0.1) is 11.3 Å². The molecule has 3 aromatic rings. The van der Waals surface area contributed by atoms with Crippen LogP contribution in [0.15, 0.2) is 35.4 Å². The molecule has 1 aliphatic rings. The lowest BCUT2D eigenvalue weighted by molar-refractivity contribution is 0.0746. The molecule has 0 radical (unpaired) electrons. The molecular weight excluding hydrogens is 312 g/mol. The van der Waals surface area contributed by atoms with E-state index in [1.165, 1.54) is 17.4 Å². The van der Waals surface area contributed by atoms with Crippen molar-refractivity contribution >= 4 is 33.3 Å². The molecule has 3 aromatic heterocycles. The van der Waals surface area contributed by atoms with Gasteiger partial charge in [0.05, 0.1) is 17.2 Å². The summed E-state index contributed by atoms with van der Waals surface area (Å²) in [5, 5.41) is 1.10. The third kappa shape index (κ3) is 2.57. The molecule has 0 N–H and O–H groups in total. The van der Waals surface area contributed by atoms with Crippen LogP contribution in [0.25, 0.3) is 10.2 Å². The molecule has 118 valence electrons. The highest BCUT2D eigenvalue weighted by molar-refractivity contribution is 7.18. The number of hydrogen-bond acceptors (Lipinski definition) is 6. The van der Waals surface area contributed by atoms with Crippen molar-refractivity contribution in [1.82, 2.24) is 14.9 Å². The largest absolute Gasteiger partial charge is 0.472 e. The minimum atomic E-state index is 0.0256. The van der Waals surface area contributed by atoms with Crippen molar-refractivity contribution in [3.8, 4) is 0 Å². The molecule has 23 heavy (non-hydrogen) atoms. The number of nitrogens with zero attached hydrogens (tertiary/aromatic N) is 4. The molecule has 0 spiro atoms. The third-order valence-corrected chi connectivity index (χ3v) is 5.02. The summed E-state index contributed by atoms with van der Waals surface area (Å²) in [5.74, 6) is 0.993. The first-order chi connectivity index (χ1) is 11.2. The molecule has 4 rings (SSSR count). The first kappa shape index (κ1) is 14.2. The van der Waals surface area contributed by atoms with Crippen LogP contribution in [0.5, 0.6) is 0 Å². The highest BCUT2D eigenvalue weighted by Gasteiger charge is 2.24. The number of fused-ring (bicyclic) bond motifs is 1. The Hall–Kier alpha value is -2.41. The number of rotatable bonds is 2. The van der Waals surface area contributed by atoms with Crippen molar-refractivity contribution < 1.29 is 9.21 Å². The topological polar surface area (TPSA) is 62.5 Å². The molecule has 0 aliphatic carbocycles. The molecule has 0 unspecified atom stereocenters. The van der Waals surface area contributed by atoms with E-state index in [0.717, 1.165) is 29.1 Å². The lowest BCUT2D eigenvalue weighted by Gasteiger charge is -2.35. The number of aryl methyl sites for hydroxylation is 1. The average molecular weight is 328 g/mol. The van der Waals surface area contributed by atoms with Gasteiger partial charge in [0.15, 0.2) is 0 Å². The fraction of sp³-hybridized carbons (Fsp3) is 0.312. The van der Waals surface area contributed by atoms with Crippen molar-refractivity contribution in [2.45, 2.75) is 6.92 Å². The Labute approximate surface area is 137 Å². The molecule has 0 saturated carbocycles. The van der Waals surface area contributed by atoms with Crippen molar-refractivity contribution in [3.05, 3.63) is 41.4 Å². The Balaban J connectivity index is 1.52. The average Bonchev–Trinajstić information content (AvgIpc) is 3.22. The summed E-state index contributed by atoms with van der Waals surface area (Å²) in [6.45, 7) is 4.98. The van der Waals surface area contributed by atoms with Crippen LogP contribution in [-0.4, -0.2) is 47.0 Å². The minimum Gasteiger partial charge on any atom is -0.472 e. The number of hydrogen-bond donors (Lipinski definition) is 0. The SMILES string of the molecule is Cc1cc2c(N3CCN(C(=O)c4ccoc4)CC3)ncnc2s1. The second kappa shape index (κ2) is 5.66. The summed E-state index contributed by atoms with van der Waals surface area (Å²) in [7, 11) is 0. The van der Waals surface area contributed by atoms with Gasteiger partial charge in [0.25, 0.3) is 5.91 Å². The van der Waals surface area contributed by atoms with E-state index in [9.17, 15) is 4.79 Å². The van der Waals surface area contributed by atoms with Gasteiger partial charge in [0.2, 0.25) is 0 Å². The summed E-state index contributed by atoms with van der Waals surface area (Å²) in [4.78, 5) is 27.5. The van der Waals surface area contributed by atoms with Gasteiger partial charge >= 0.3 is 0 Å². The monoisotopic (exact) mass is 328 g/mol. The normalized spacial score (nSPS) is 15.3. The summed E-state index contributed by atoms with van der Waals surface area (Å²) >= 11 is 1.68. The van der Waals surface area contributed by atoms with Crippen molar-refractivity contribution in [2.75, 3.05) is 31.1 Å². The molecule has 0 atom stereocenters. The Bertz CT molecular complexity index is 835. The Morgan fingerprint density at radius 3 is 2.83 bits per heavy atom. The molecule has 1 fully saturated rings. The zero-order valence-corrected chi connectivity index (χ0v) is 13.5. The van der Waals surface area contributed by atoms with Crippen molar-refractivity contribution in [3.63, 3.8) is 0 Å². The highest BCUT2D eigenvalue weighted by Crippen LogP contribution is 2.30. The van der Waals surface area contributed by atoms with Crippen LogP contribution >= 0.6 is 11.3 Å². The van der Waals surface area contributed by atoms with E-state index >= 15 is 0 Å². The van der Waals surface area contributed by atoms with Gasteiger partial charge in [0.1, 0.15) is 23.2 Å². The van der Waals surface area contributed by atoms with Gasteiger partial charge in [0, 0.05) is 31.1 Å². The van der Waals surface area contributed by atoms with Gasteiger partial charge in [-0.3, -0.25) is 4.79 Å². The Morgan fingerprint density at radius 2 is 2.09 bits per heavy atom. The van der Waals surface area contributed by atoms with Crippen LogP contribution in [0, 0.1) is 6.92 Å². The van der Waals surface area contributed by atoms with Gasteiger partial charge in [-0.1, -0.05) is 0 Å². The predicted molar refractivity (Wildman–Crippen MR) is 89.0 cm³/mol. The molecule has 0 bridgehead atoms. The van der Waals surface area contributed by atoms with Gasteiger partial charge in [-0.25, -0.2) is 9.97 Å². The third-order valence-electron chi connectivity index (χ3n) is 4.07. The highest BCUT2D eigenvalue weighted by atomic mass is 32.1. The molecule has 4 heterocycles. The lowest BCUT2D eigenvalue weighted by atomic mass is 10.2. The standard InChI is InChI=1S/C16H16N4O2S/c1-11-8-13-14(17-10-18-15(13)23-11)19-3-5-20(6-4-19)16(21)12-2-7-22-9-12/h2,7-10H,3-6H2,1H3. The fourth-order valence-electron chi connectivity index (χ4n) is 2.91. The van der Waals surface area contributed by atoms with Crippen LogP contribution in [0.4, 0.5) is 5.82 Å². The van der Waals surface area contributed by atoms with E-state index < -0.39 is 0 Å². The fourth-order valence-corrected chi connectivity index (χ4v) is 3.75. The minimum absolute atomic E-state index is 0.0256. The molecule has 1 aliphatic heterocycles. The summed E-state index contributed by atoms with van der Waals surface area (Å²) in [5.41, 5.74) is 0.608. The number of carbonyl (C=O) groups excluding carboxylic acids is 1. The van der Waals surface area contributed by atoms with Crippen LogP contribution in [0.3, 0.4) is 0 Å². The van der Waals surface area contributed by atoms with E-state index in [4.69, 9.17) is 4.42 Å².